The van der Waals surface area contributed by atoms with E-state index in [4.69, 9.17) is 11.5 Å². The summed E-state index contributed by atoms with van der Waals surface area (Å²) in [6.45, 7) is 7.35. The van der Waals surface area contributed by atoms with E-state index in [0.29, 0.717) is 0 Å². The standard InChI is InChI=1S/C6H15N2/c1-5(2,7)6(3,4)8/h7H,8H2,1-4H3. The molecule has 0 aliphatic heterocycles. The lowest BCUT2D eigenvalue weighted by Crippen LogP contribution is -2.53. The lowest BCUT2D eigenvalue weighted by molar-refractivity contribution is 0.299. The molecule has 3 N–H and O–H groups in total. The number of nitrogens with one attached hydrogen (secondary N) is 1. The molecule has 0 aromatic carbocycles. The van der Waals surface area contributed by atoms with E-state index in [0.717, 1.165) is 0 Å². The second-order valence-corrected chi connectivity index (χ2v) is 3.35. The van der Waals surface area contributed by atoms with Gasteiger partial charge in [-0.15, -0.1) is 0 Å². The molecule has 0 amide bonds. The Morgan fingerprint density at radius 1 is 1.12 bits per heavy atom. The molecule has 0 bridgehead atoms. The summed E-state index contributed by atoms with van der Waals surface area (Å²) in [5.74, 6) is 0. The Bertz CT molecular complexity index is 61.5. The third-order valence-corrected chi connectivity index (χ3v) is 1.61. The first kappa shape index (κ1) is 7.92. The van der Waals surface area contributed by atoms with Gasteiger partial charge in [0.1, 0.15) is 0 Å². The van der Waals surface area contributed by atoms with Crippen molar-refractivity contribution >= 4 is 0 Å². The van der Waals surface area contributed by atoms with Crippen LogP contribution in [-0.2, 0) is 0 Å². The van der Waals surface area contributed by atoms with Gasteiger partial charge in [-0.2, -0.15) is 0 Å². The fourth-order valence-electron chi connectivity index (χ4n) is 0. The first-order valence-electron chi connectivity index (χ1n) is 2.79. The number of rotatable bonds is 1. The Balaban J connectivity index is 4.02. The average molecular weight is 115 g/mol. The first-order valence-corrected chi connectivity index (χ1v) is 2.79. The highest BCUT2D eigenvalue weighted by Gasteiger charge is 2.29. The molecule has 0 saturated heterocycles. The fraction of sp³-hybridized carbons (Fsp3) is 1.00. The van der Waals surface area contributed by atoms with E-state index < -0.39 is 11.1 Å². The van der Waals surface area contributed by atoms with Crippen molar-refractivity contribution in [3.8, 4) is 0 Å². The van der Waals surface area contributed by atoms with Gasteiger partial charge in [0.25, 0.3) is 0 Å². The zero-order valence-electron chi connectivity index (χ0n) is 6.08. The van der Waals surface area contributed by atoms with Gasteiger partial charge in [0.15, 0.2) is 0 Å². The monoisotopic (exact) mass is 115 g/mol. The highest BCUT2D eigenvalue weighted by atomic mass is 14.9. The fourth-order valence-corrected chi connectivity index (χ4v) is 0. The molecule has 0 aliphatic rings. The van der Waals surface area contributed by atoms with Crippen molar-refractivity contribution in [2.24, 2.45) is 5.73 Å². The smallest absolute Gasteiger partial charge is 0.0441 e. The molecule has 0 spiro atoms. The van der Waals surface area contributed by atoms with Crippen LogP contribution in [0.5, 0.6) is 0 Å². The van der Waals surface area contributed by atoms with Gasteiger partial charge in [0.2, 0.25) is 0 Å². The predicted molar refractivity (Wildman–Crippen MR) is 35.4 cm³/mol. The summed E-state index contributed by atoms with van der Waals surface area (Å²) in [5, 5.41) is 0. The average Bonchev–Trinajstić information content (AvgIpc) is 1.25. The predicted octanol–water partition coefficient (Wildman–Crippen LogP) is 0.785. The van der Waals surface area contributed by atoms with Crippen molar-refractivity contribution in [3.05, 3.63) is 0 Å². The minimum Gasteiger partial charge on any atom is -0.324 e. The first-order chi connectivity index (χ1) is 3.25. The van der Waals surface area contributed by atoms with Crippen LogP contribution in [0.4, 0.5) is 0 Å². The summed E-state index contributed by atoms with van der Waals surface area (Å²) in [6, 6.07) is 0. The molecule has 2 nitrogen and oxygen atoms in total. The minimum absolute atomic E-state index is 0.396. The molecule has 0 aromatic rings. The van der Waals surface area contributed by atoms with Crippen LogP contribution in [0, 0.1) is 0 Å². The second-order valence-electron chi connectivity index (χ2n) is 3.35. The van der Waals surface area contributed by atoms with E-state index in [-0.39, 0.29) is 0 Å². The maximum atomic E-state index is 7.46. The van der Waals surface area contributed by atoms with Crippen LogP contribution in [-0.4, -0.2) is 11.1 Å². The topological polar surface area (TPSA) is 49.8 Å². The van der Waals surface area contributed by atoms with Gasteiger partial charge in [-0.1, -0.05) is 0 Å². The second kappa shape index (κ2) is 1.71. The third kappa shape index (κ3) is 1.80. The number of hydrogen-bond acceptors (Lipinski definition) is 1. The summed E-state index contributed by atoms with van der Waals surface area (Å²) in [7, 11) is 0. The normalized spacial score (nSPS) is 14.2. The Kier molecular flexibility index (Phi) is 1.69. The van der Waals surface area contributed by atoms with Gasteiger partial charge in [0, 0.05) is 11.1 Å². The van der Waals surface area contributed by atoms with Crippen LogP contribution < -0.4 is 11.5 Å². The van der Waals surface area contributed by atoms with Crippen LogP contribution in [0.3, 0.4) is 0 Å². The molecule has 2 heteroatoms. The van der Waals surface area contributed by atoms with Crippen LogP contribution in [0.25, 0.3) is 0 Å². The molecule has 8 heavy (non-hydrogen) atoms. The molecule has 49 valence electrons. The molecule has 0 fully saturated rings. The quantitative estimate of drug-likeness (QED) is 0.539. The largest absolute Gasteiger partial charge is 0.324 e. The lowest BCUT2D eigenvalue weighted by atomic mass is 9.85. The van der Waals surface area contributed by atoms with Gasteiger partial charge >= 0.3 is 0 Å². The van der Waals surface area contributed by atoms with Gasteiger partial charge in [-0.3, -0.25) is 0 Å². The van der Waals surface area contributed by atoms with Gasteiger partial charge in [-0.05, 0) is 27.7 Å². The van der Waals surface area contributed by atoms with Gasteiger partial charge in [0.05, 0.1) is 0 Å². The van der Waals surface area contributed by atoms with Crippen molar-refractivity contribution < 1.29 is 0 Å². The Labute approximate surface area is 51.2 Å². The summed E-state index contributed by atoms with van der Waals surface area (Å²) in [6.07, 6.45) is 0. The minimum atomic E-state index is -0.535. The zero-order chi connectivity index (χ0) is 7.00. The highest BCUT2D eigenvalue weighted by molar-refractivity contribution is 4.93. The summed E-state index contributed by atoms with van der Waals surface area (Å²) < 4.78 is 0. The van der Waals surface area contributed by atoms with Crippen LogP contribution in [0.2, 0.25) is 0 Å². The number of hydrogen-bond donors (Lipinski definition) is 1. The molecule has 0 saturated carbocycles. The van der Waals surface area contributed by atoms with E-state index in [1.54, 1.807) is 0 Å². The van der Waals surface area contributed by atoms with Crippen molar-refractivity contribution in [1.82, 2.24) is 5.73 Å². The summed E-state index contributed by atoms with van der Waals surface area (Å²) in [5.41, 5.74) is 12.2. The lowest BCUT2D eigenvalue weighted by Gasteiger charge is -2.33. The Morgan fingerprint density at radius 3 is 1.25 bits per heavy atom. The zero-order valence-corrected chi connectivity index (χ0v) is 6.08. The molecule has 0 rings (SSSR count). The maximum absolute atomic E-state index is 7.46. The van der Waals surface area contributed by atoms with Crippen LogP contribution in [0.15, 0.2) is 0 Å². The van der Waals surface area contributed by atoms with E-state index in [2.05, 4.69) is 0 Å². The molecule has 0 aliphatic carbocycles. The van der Waals surface area contributed by atoms with Crippen LogP contribution in [0.1, 0.15) is 27.7 Å². The van der Waals surface area contributed by atoms with E-state index in [1.165, 1.54) is 0 Å². The Morgan fingerprint density at radius 2 is 1.25 bits per heavy atom. The maximum Gasteiger partial charge on any atom is 0.0441 e. The van der Waals surface area contributed by atoms with E-state index >= 15 is 0 Å². The molecular weight excluding hydrogens is 100 g/mol. The third-order valence-electron chi connectivity index (χ3n) is 1.61. The number of nitrogens with two attached hydrogens (primary N) is 1. The highest BCUT2D eigenvalue weighted by Crippen LogP contribution is 2.15. The molecular formula is C6H15N2. The van der Waals surface area contributed by atoms with Gasteiger partial charge < -0.3 is 5.73 Å². The van der Waals surface area contributed by atoms with Crippen molar-refractivity contribution in [3.63, 3.8) is 0 Å². The van der Waals surface area contributed by atoms with Crippen molar-refractivity contribution in [2.75, 3.05) is 0 Å². The molecule has 1 radical (unpaired) electrons. The molecule has 0 unspecified atom stereocenters. The molecule has 0 heterocycles. The van der Waals surface area contributed by atoms with Gasteiger partial charge in [-0.25, -0.2) is 5.73 Å². The van der Waals surface area contributed by atoms with E-state index in [1.807, 2.05) is 27.7 Å². The summed E-state index contributed by atoms with van der Waals surface area (Å²) in [4.78, 5) is 0. The molecule has 0 aromatic heterocycles. The Hall–Kier alpha value is -0.0800. The van der Waals surface area contributed by atoms with Crippen LogP contribution >= 0.6 is 0 Å². The summed E-state index contributed by atoms with van der Waals surface area (Å²) >= 11 is 0. The molecule has 0 atom stereocenters. The van der Waals surface area contributed by atoms with Crippen molar-refractivity contribution in [2.45, 2.75) is 38.8 Å². The van der Waals surface area contributed by atoms with Crippen molar-refractivity contribution in [1.29, 1.82) is 0 Å². The van der Waals surface area contributed by atoms with E-state index in [9.17, 15) is 0 Å². The SMILES string of the molecule is CC(C)([NH])C(C)(C)N.